The van der Waals surface area contributed by atoms with Crippen molar-refractivity contribution < 1.29 is 0 Å². The number of nitrogens with two attached hydrogens (primary N) is 1. The molecule has 0 atom stereocenters. The summed E-state index contributed by atoms with van der Waals surface area (Å²) in [7, 11) is 0. The zero-order valence-electron chi connectivity index (χ0n) is 7.92. The van der Waals surface area contributed by atoms with Gasteiger partial charge in [-0.2, -0.15) is 0 Å². The molecule has 68 valence electrons. The van der Waals surface area contributed by atoms with Crippen molar-refractivity contribution in [1.29, 1.82) is 0 Å². The average molecular weight is 184 g/mol. The van der Waals surface area contributed by atoms with E-state index >= 15 is 0 Å². The van der Waals surface area contributed by atoms with Gasteiger partial charge < -0.3 is 5.73 Å². The van der Waals surface area contributed by atoms with Crippen LogP contribution in [0.4, 0.5) is 0 Å². The largest absolute Gasteiger partial charge is 0.326 e. The molecule has 1 aromatic rings. The molecule has 0 amide bonds. The first-order chi connectivity index (χ1) is 5.69. The minimum atomic E-state index is 0.528. The third-order valence-electron chi connectivity index (χ3n) is 1.81. The summed E-state index contributed by atoms with van der Waals surface area (Å²) in [4.78, 5) is 5.79. The lowest BCUT2D eigenvalue weighted by Gasteiger charge is -1.95. The number of hydrogen-bond donors (Lipinski definition) is 1. The van der Waals surface area contributed by atoms with Crippen LogP contribution in [0.2, 0.25) is 0 Å². The molecule has 1 heterocycles. The Labute approximate surface area is 77.8 Å². The molecular weight excluding hydrogens is 168 g/mol. The SMILES string of the molecule is CCc1nc(C(C)C)sc1CN. The smallest absolute Gasteiger partial charge is 0.0956 e. The zero-order chi connectivity index (χ0) is 9.14. The Bertz CT molecular complexity index is 232. The molecule has 1 aromatic heterocycles. The van der Waals surface area contributed by atoms with Crippen LogP contribution in [0.25, 0.3) is 0 Å². The lowest BCUT2D eigenvalue weighted by Crippen LogP contribution is -1.97. The van der Waals surface area contributed by atoms with Crippen LogP contribution in [-0.4, -0.2) is 4.98 Å². The Morgan fingerprint density at radius 2 is 2.17 bits per heavy atom. The maximum absolute atomic E-state index is 5.61. The van der Waals surface area contributed by atoms with Gasteiger partial charge in [0.05, 0.1) is 10.7 Å². The molecule has 0 aliphatic rings. The summed E-state index contributed by atoms with van der Waals surface area (Å²) < 4.78 is 0. The van der Waals surface area contributed by atoms with Crippen LogP contribution in [0.1, 0.15) is 42.3 Å². The van der Waals surface area contributed by atoms with Gasteiger partial charge in [-0.25, -0.2) is 4.98 Å². The first-order valence-corrected chi connectivity index (χ1v) is 5.19. The quantitative estimate of drug-likeness (QED) is 0.782. The summed E-state index contributed by atoms with van der Waals surface area (Å²) in [6, 6.07) is 0. The summed E-state index contributed by atoms with van der Waals surface area (Å²) in [6.45, 7) is 7.09. The van der Waals surface area contributed by atoms with E-state index in [1.807, 2.05) is 0 Å². The predicted octanol–water partition coefficient (Wildman–Crippen LogP) is 2.29. The van der Waals surface area contributed by atoms with E-state index < -0.39 is 0 Å². The van der Waals surface area contributed by atoms with Crippen LogP contribution in [0, 0.1) is 0 Å². The topological polar surface area (TPSA) is 38.9 Å². The molecule has 0 saturated carbocycles. The van der Waals surface area contributed by atoms with Crippen molar-refractivity contribution in [2.75, 3.05) is 0 Å². The molecule has 0 aliphatic carbocycles. The Hall–Kier alpha value is -0.410. The van der Waals surface area contributed by atoms with E-state index in [-0.39, 0.29) is 0 Å². The number of thiazole rings is 1. The van der Waals surface area contributed by atoms with Gasteiger partial charge in [0.2, 0.25) is 0 Å². The molecule has 3 heteroatoms. The lowest BCUT2D eigenvalue weighted by atomic mass is 10.2. The molecule has 0 saturated heterocycles. The van der Waals surface area contributed by atoms with E-state index in [1.54, 1.807) is 11.3 Å². The van der Waals surface area contributed by atoms with E-state index in [1.165, 1.54) is 15.6 Å². The van der Waals surface area contributed by atoms with Crippen LogP contribution < -0.4 is 5.73 Å². The van der Waals surface area contributed by atoms with Crippen molar-refractivity contribution >= 4 is 11.3 Å². The number of aromatic nitrogens is 1. The molecule has 12 heavy (non-hydrogen) atoms. The molecule has 0 spiro atoms. The standard InChI is InChI=1S/C9H16N2S/c1-4-7-8(5-10)12-9(11-7)6(2)3/h6H,4-5,10H2,1-3H3. The molecule has 2 nitrogen and oxygen atoms in total. The lowest BCUT2D eigenvalue weighted by molar-refractivity contribution is 0.837. The summed E-state index contributed by atoms with van der Waals surface area (Å²) in [5.41, 5.74) is 6.80. The van der Waals surface area contributed by atoms with Gasteiger partial charge in [0.1, 0.15) is 0 Å². The minimum absolute atomic E-state index is 0.528. The van der Waals surface area contributed by atoms with Crippen molar-refractivity contribution in [3.63, 3.8) is 0 Å². The summed E-state index contributed by atoms with van der Waals surface area (Å²) in [5, 5.41) is 1.22. The van der Waals surface area contributed by atoms with Crippen molar-refractivity contribution in [2.45, 2.75) is 39.7 Å². The Balaban J connectivity index is 2.97. The predicted molar refractivity (Wildman–Crippen MR) is 53.5 cm³/mol. The summed E-state index contributed by atoms with van der Waals surface area (Å²) in [6.07, 6.45) is 0.996. The first kappa shape index (κ1) is 9.68. The Kier molecular flexibility index (Phi) is 3.23. The highest BCUT2D eigenvalue weighted by atomic mass is 32.1. The highest BCUT2D eigenvalue weighted by molar-refractivity contribution is 7.11. The third kappa shape index (κ3) is 1.84. The number of hydrogen-bond acceptors (Lipinski definition) is 3. The van der Waals surface area contributed by atoms with Gasteiger partial charge in [-0.05, 0) is 6.42 Å². The summed E-state index contributed by atoms with van der Waals surface area (Å²) >= 11 is 1.76. The van der Waals surface area contributed by atoms with Crippen LogP contribution in [0.5, 0.6) is 0 Å². The maximum Gasteiger partial charge on any atom is 0.0956 e. The number of aryl methyl sites for hydroxylation is 1. The van der Waals surface area contributed by atoms with Crippen LogP contribution in [0.15, 0.2) is 0 Å². The molecule has 0 fully saturated rings. The van der Waals surface area contributed by atoms with Gasteiger partial charge in [-0.1, -0.05) is 20.8 Å². The third-order valence-corrected chi connectivity index (χ3v) is 3.23. The van der Waals surface area contributed by atoms with Crippen molar-refractivity contribution in [1.82, 2.24) is 4.98 Å². The second-order valence-electron chi connectivity index (χ2n) is 3.13. The van der Waals surface area contributed by atoms with Gasteiger partial charge in [0, 0.05) is 17.3 Å². The van der Waals surface area contributed by atoms with E-state index in [4.69, 9.17) is 5.73 Å². The van der Waals surface area contributed by atoms with Gasteiger partial charge in [0.25, 0.3) is 0 Å². The Morgan fingerprint density at radius 3 is 2.50 bits per heavy atom. The molecule has 0 bridgehead atoms. The van der Waals surface area contributed by atoms with Gasteiger partial charge in [-0.3, -0.25) is 0 Å². The van der Waals surface area contributed by atoms with Crippen molar-refractivity contribution in [3.8, 4) is 0 Å². The molecule has 0 radical (unpaired) electrons. The highest BCUT2D eigenvalue weighted by Crippen LogP contribution is 2.24. The first-order valence-electron chi connectivity index (χ1n) is 4.37. The average Bonchev–Trinajstić information content (AvgIpc) is 2.46. The maximum atomic E-state index is 5.61. The normalized spacial score (nSPS) is 11.1. The molecule has 0 unspecified atom stereocenters. The second-order valence-corrected chi connectivity index (χ2v) is 4.25. The van der Waals surface area contributed by atoms with Gasteiger partial charge in [0.15, 0.2) is 0 Å². The molecular formula is C9H16N2S. The Morgan fingerprint density at radius 1 is 1.50 bits per heavy atom. The molecule has 0 aliphatic heterocycles. The second kappa shape index (κ2) is 4.01. The molecule has 0 aromatic carbocycles. The minimum Gasteiger partial charge on any atom is -0.326 e. The fraction of sp³-hybridized carbons (Fsp3) is 0.667. The van der Waals surface area contributed by atoms with Crippen LogP contribution in [-0.2, 0) is 13.0 Å². The number of nitrogens with zero attached hydrogens (tertiary/aromatic N) is 1. The van der Waals surface area contributed by atoms with E-state index in [9.17, 15) is 0 Å². The molecule has 2 N–H and O–H groups in total. The number of rotatable bonds is 3. The monoisotopic (exact) mass is 184 g/mol. The molecule has 1 rings (SSSR count). The van der Waals surface area contributed by atoms with Gasteiger partial charge in [-0.15, -0.1) is 11.3 Å². The van der Waals surface area contributed by atoms with E-state index in [2.05, 4.69) is 25.8 Å². The van der Waals surface area contributed by atoms with Crippen LogP contribution >= 0.6 is 11.3 Å². The fourth-order valence-electron chi connectivity index (χ4n) is 1.09. The van der Waals surface area contributed by atoms with Crippen molar-refractivity contribution in [2.24, 2.45) is 5.73 Å². The fourth-order valence-corrected chi connectivity index (χ4v) is 2.12. The zero-order valence-corrected chi connectivity index (χ0v) is 8.74. The van der Waals surface area contributed by atoms with Crippen LogP contribution in [0.3, 0.4) is 0 Å². The summed E-state index contributed by atoms with van der Waals surface area (Å²) in [5.74, 6) is 0.528. The van der Waals surface area contributed by atoms with E-state index in [0.29, 0.717) is 12.5 Å². The van der Waals surface area contributed by atoms with Crippen molar-refractivity contribution in [3.05, 3.63) is 15.6 Å². The highest BCUT2D eigenvalue weighted by Gasteiger charge is 2.10. The van der Waals surface area contributed by atoms with E-state index in [0.717, 1.165) is 6.42 Å². The van der Waals surface area contributed by atoms with Gasteiger partial charge >= 0.3 is 0 Å².